The smallest absolute Gasteiger partial charge is 0.326 e. The molecule has 0 saturated carbocycles. The van der Waals surface area contributed by atoms with Gasteiger partial charge in [0, 0.05) is 0 Å². The van der Waals surface area contributed by atoms with Crippen molar-refractivity contribution in [3.63, 3.8) is 0 Å². The van der Waals surface area contributed by atoms with Crippen molar-refractivity contribution in [2.45, 2.75) is 33.2 Å². The van der Waals surface area contributed by atoms with Crippen molar-refractivity contribution in [1.82, 2.24) is 5.32 Å². The maximum Gasteiger partial charge on any atom is 0.326 e. The zero-order valence-corrected chi connectivity index (χ0v) is 11.3. The third-order valence-electron chi connectivity index (χ3n) is 2.71. The highest BCUT2D eigenvalue weighted by Crippen LogP contribution is 2.18. The lowest BCUT2D eigenvalue weighted by atomic mass is 10.0. The van der Waals surface area contributed by atoms with Crippen LogP contribution in [-0.2, 0) is 4.79 Å². The number of phenols is 1. The van der Waals surface area contributed by atoms with E-state index in [1.54, 1.807) is 13.0 Å². The van der Waals surface area contributed by atoms with Crippen LogP contribution in [0.1, 0.15) is 36.2 Å². The molecule has 0 heterocycles. The van der Waals surface area contributed by atoms with Crippen LogP contribution in [0.25, 0.3) is 0 Å². The normalized spacial score (nSPS) is 12.2. The van der Waals surface area contributed by atoms with Crippen LogP contribution in [-0.4, -0.2) is 28.1 Å². The molecule has 0 fully saturated rings. The molecular formula is C14H19NO4. The first kappa shape index (κ1) is 15.0. The summed E-state index contributed by atoms with van der Waals surface area (Å²) in [4.78, 5) is 23.0. The summed E-state index contributed by atoms with van der Waals surface area (Å²) in [7, 11) is 0. The molecule has 19 heavy (non-hydrogen) atoms. The number of aromatic hydroxyl groups is 1. The number of benzene rings is 1. The number of rotatable bonds is 5. The molecule has 104 valence electrons. The number of hydrogen-bond acceptors (Lipinski definition) is 3. The predicted octanol–water partition coefficient (Wildman–Crippen LogP) is 1.93. The lowest BCUT2D eigenvalue weighted by molar-refractivity contribution is -0.139. The third kappa shape index (κ3) is 4.28. The van der Waals surface area contributed by atoms with E-state index in [1.165, 1.54) is 12.1 Å². The Morgan fingerprint density at radius 2 is 1.95 bits per heavy atom. The summed E-state index contributed by atoms with van der Waals surface area (Å²) in [5, 5.41) is 21.2. The third-order valence-corrected chi connectivity index (χ3v) is 2.71. The molecule has 1 rings (SSSR count). The van der Waals surface area contributed by atoms with Crippen LogP contribution in [0.3, 0.4) is 0 Å². The van der Waals surface area contributed by atoms with Crippen LogP contribution in [0.5, 0.6) is 5.75 Å². The van der Waals surface area contributed by atoms with Gasteiger partial charge < -0.3 is 15.5 Å². The van der Waals surface area contributed by atoms with Gasteiger partial charge >= 0.3 is 5.97 Å². The molecule has 0 radical (unpaired) electrons. The number of aliphatic carboxylic acids is 1. The van der Waals surface area contributed by atoms with Gasteiger partial charge in [-0.05, 0) is 37.0 Å². The van der Waals surface area contributed by atoms with Crippen LogP contribution in [0.15, 0.2) is 18.2 Å². The lowest BCUT2D eigenvalue weighted by Crippen LogP contribution is -2.41. The van der Waals surface area contributed by atoms with Crippen molar-refractivity contribution in [2.75, 3.05) is 0 Å². The second kappa shape index (κ2) is 6.22. The number of carboxylic acids is 1. The van der Waals surface area contributed by atoms with E-state index >= 15 is 0 Å². The Labute approximate surface area is 112 Å². The maximum atomic E-state index is 11.9. The summed E-state index contributed by atoms with van der Waals surface area (Å²) < 4.78 is 0. The quantitative estimate of drug-likeness (QED) is 0.759. The maximum absolute atomic E-state index is 11.9. The SMILES string of the molecule is Cc1ccc(C(=O)N[C@@H](CC(C)C)C(=O)O)c(O)c1. The second-order valence-corrected chi connectivity index (χ2v) is 5.01. The molecule has 0 spiro atoms. The molecule has 0 unspecified atom stereocenters. The fraction of sp³-hybridized carbons (Fsp3) is 0.429. The largest absolute Gasteiger partial charge is 0.507 e. The average Bonchev–Trinajstić information content (AvgIpc) is 2.26. The number of nitrogens with one attached hydrogen (secondary N) is 1. The number of carbonyl (C=O) groups excluding carboxylic acids is 1. The Bertz CT molecular complexity index is 482. The fourth-order valence-electron chi connectivity index (χ4n) is 1.76. The molecular weight excluding hydrogens is 246 g/mol. The van der Waals surface area contributed by atoms with E-state index in [4.69, 9.17) is 5.11 Å². The number of phenolic OH excluding ortho intramolecular Hbond substituents is 1. The summed E-state index contributed by atoms with van der Waals surface area (Å²) in [6.07, 6.45) is 0.341. The Kier molecular flexibility index (Phi) is 4.92. The van der Waals surface area contributed by atoms with E-state index in [9.17, 15) is 14.7 Å². The molecule has 1 aromatic carbocycles. The standard InChI is InChI=1S/C14H19NO4/c1-8(2)6-11(14(18)19)15-13(17)10-5-4-9(3)7-12(10)16/h4-5,7-8,11,16H,6H2,1-3H3,(H,15,17)(H,18,19)/t11-/m0/s1. The van der Waals surface area contributed by atoms with Crippen molar-refractivity contribution in [3.8, 4) is 5.75 Å². The summed E-state index contributed by atoms with van der Waals surface area (Å²) >= 11 is 0. The van der Waals surface area contributed by atoms with E-state index in [2.05, 4.69) is 5.32 Å². The zero-order valence-electron chi connectivity index (χ0n) is 11.3. The molecule has 0 aromatic heterocycles. The molecule has 1 atom stereocenters. The van der Waals surface area contributed by atoms with Crippen LogP contribution >= 0.6 is 0 Å². The molecule has 0 aliphatic rings. The van der Waals surface area contributed by atoms with Crippen molar-refractivity contribution in [2.24, 2.45) is 5.92 Å². The Hall–Kier alpha value is -2.04. The summed E-state index contributed by atoms with van der Waals surface area (Å²) in [6.45, 7) is 5.55. The van der Waals surface area contributed by atoms with E-state index in [1.807, 2.05) is 13.8 Å². The first-order valence-corrected chi connectivity index (χ1v) is 6.14. The number of amides is 1. The summed E-state index contributed by atoms with van der Waals surface area (Å²) in [6, 6.07) is 3.68. The van der Waals surface area contributed by atoms with Gasteiger partial charge in [-0.2, -0.15) is 0 Å². The highest BCUT2D eigenvalue weighted by molar-refractivity contribution is 5.98. The molecule has 0 aliphatic heterocycles. The predicted molar refractivity (Wildman–Crippen MR) is 71.2 cm³/mol. The van der Waals surface area contributed by atoms with Gasteiger partial charge in [-0.3, -0.25) is 4.79 Å². The van der Waals surface area contributed by atoms with Crippen LogP contribution in [0.2, 0.25) is 0 Å². The highest BCUT2D eigenvalue weighted by atomic mass is 16.4. The number of carboxylic acid groups (broad SMARTS) is 1. The number of carbonyl (C=O) groups is 2. The van der Waals surface area contributed by atoms with E-state index in [0.29, 0.717) is 6.42 Å². The molecule has 1 aromatic rings. The topological polar surface area (TPSA) is 86.6 Å². The van der Waals surface area contributed by atoms with Gasteiger partial charge in [0.25, 0.3) is 5.91 Å². The molecule has 0 aliphatic carbocycles. The Morgan fingerprint density at radius 3 is 2.42 bits per heavy atom. The van der Waals surface area contributed by atoms with Gasteiger partial charge in [0.2, 0.25) is 0 Å². The van der Waals surface area contributed by atoms with E-state index in [0.717, 1.165) is 5.56 Å². The number of hydrogen-bond donors (Lipinski definition) is 3. The Balaban J connectivity index is 2.84. The van der Waals surface area contributed by atoms with Crippen molar-refractivity contribution in [1.29, 1.82) is 0 Å². The van der Waals surface area contributed by atoms with Crippen molar-refractivity contribution >= 4 is 11.9 Å². The monoisotopic (exact) mass is 265 g/mol. The first-order chi connectivity index (χ1) is 8.81. The Morgan fingerprint density at radius 1 is 1.32 bits per heavy atom. The van der Waals surface area contributed by atoms with Gasteiger partial charge in [0.1, 0.15) is 11.8 Å². The van der Waals surface area contributed by atoms with Crippen LogP contribution < -0.4 is 5.32 Å². The molecule has 3 N–H and O–H groups in total. The lowest BCUT2D eigenvalue weighted by Gasteiger charge is -2.16. The van der Waals surface area contributed by atoms with Crippen molar-refractivity contribution in [3.05, 3.63) is 29.3 Å². The minimum absolute atomic E-state index is 0.0839. The highest BCUT2D eigenvalue weighted by Gasteiger charge is 2.22. The minimum atomic E-state index is -1.08. The zero-order chi connectivity index (χ0) is 14.6. The van der Waals surface area contributed by atoms with Crippen molar-refractivity contribution < 1.29 is 19.8 Å². The van der Waals surface area contributed by atoms with Crippen LogP contribution in [0, 0.1) is 12.8 Å². The van der Waals surface area contributed by atoms with E-state index in [-0.39, 0.29) is 17.2 Å². The molecule has 1 amide bonds. The van der Waals surface area contributed by atoms with Gasteiger partial charge in [0.15, 0.2) is 0 Å². The molecule has 5 nitrogen and oxygen atoms in total. The molecule has 0 bridgehead atoms. The second-order valence-electron chi connectivity index (χ2n) is 5.01. The van der Waals surface area contributed by atoms with Gasteiger partial charge in [-0.15, -0.1) is 0 Å². The summed E-state index contributed by atoms with van der Waals surface area (Å²) in [5.41, 5.74) is 0.909. The molecule has 0 saturated heterocycles. The number of aryl methyl sites for hydroxylation is 1. The van der Waals surface area contributed by atoms with Gasteiger partial charge in [-0.25, -0.2) is 4.79 Å². The average molecular weight is 265 g/mol. The van der Waals surface area contributed by atoms with Gasteiger partial charge in [-0.1, -0.05) is 19.9 Å². The van der Waals surface area contributed by atoms with Gasteiger partial charge in [0.05, 0.1) is 5.56 Å². The minimum Gasteiger partial charge on any atom is -0.507 e. The van der Waals surface area contributed by atoms with E-state index < -0.39 is 17.9 Å². The fourth-order valence-corrected chi connectivity index (χ4v) is 1.76. The molecule has 5 heteroatoms. The summed E-state index contributed by atoms with van der Waals surface area (Å²) in [5.74, 6) is -1.65. The first-order valence-electron chi connectivity index (χ1n) is 6.14. The van der Waals surface area contributed by atoms with Crippen LogP contribution in [0.4, 0.5) is 0 Å².